The van der Waals surface area contributed by atoms with Gasteiger partial charge in [-0.3, -0.25) is 0 Å². The number of rotatable bonds is 5. The molecule has 3 nitrogen and oxygen atoms in total. The summed E-state index contributed by atoms with van der Waals surface area (Å²) in [5.41, 5.74) is 2.11. The number of nitrogens with one attached hydrogen (secondary N) is 1. The minimum atomic E-state index is -0.220. The molecule has 1 heterocycles. The lowest BCUT2D eigenvalue weighted by Gasteiger charge is -2.12. The van der Waals surface area contributed by atoms with Crippen LogP contribution in [0.25, 0.3) is 0 Å². The Kier molecular flexibility index (Phi) is 4.19. The number of benzene rings is 1. The van der Waals surface area contributed by atoms with E-state index in [9.17, 15) is 4.39 Å². The molecule has 0 unspecified atom stereocenters. The lowest BCUT2D eigenvalue weighted by Crippen LogP contribution is -2.08. The Morgan fingerprint density at radius 3 is 2.57 bits per heavy atom. The second kappa shape index (κ2) is 6.10. The Bertz CT molecular complexity index is 639. The van der Waals surface area contributed by atoms with E-state index in [1.165, 1.54) is 25.0 Å². The zero-order chi connectivity index (χ0) is 14.8. The number of hydrogen-bond acceptors (Lipinski definition) is 3. The van der Waals surface area contributed by atoms with Crippen LogP contribution in [0.1, 0.15) is 42.8 Å². The lowest BCUT2D eigenvalue weighted by atomic mass is 10.1. The van der Waals surface area contributed by atoms with Crippen molar-refractivity contribution in [2.75, 3.05) is 11.9 Å². The summed E-state index contributed by atoms with van der Waals surface area (Å²) in [7, 11) is 0. The first-order chi connectivity index (χ1) is 10.2. The van der Waals surface area contributed by atoms with Gasteiger partial charge in [0.05, 0.1) is 10.2 Å². The van der Waals surface area contributed by atoms with Crippen LogP contribution in [0.15, 0.2) is 28.7 Å². The second-order valence-corrected chi connectivity index (χ2v) is 6.09. The van der Waals surface area contributed by atoms with E-state index in [1.54, 1.807) is 12.1 Å². The molecule has 1 aromatic carbocycles. The molecular formula is C16H17BrFN3. The second-order valence-electron chi connectivity index (χ2n) is 5.30. The average Bonchev–Trinajstić information content (AvgIpc) is 3.29. The summed E-state index contributed by atoms with van der Waals surface area (Å²) >= 11 is 3.61. The van der Waals surface area contributed by atoms with Crippen LogP contribution in [0.5, 0.6) is 0 Å². The first kappa shape index (κ1) is 14.4. The van der Waals surface area contributed by atoms with Crippen molar-refractivity contribution in [3.63, 3.8) is 0 Å². The normalized spacial score (nSPS) is 14.2. The monoisotopic (exact) mass is 349 g/mol. The fourth-order valence-electron chi connectivity index (χ4n) is 2.29. The molecule has 0 aliphatic heterocycles. The molecule has 1 aliphatic carbocycles. The molecule has 1 aromatic heterocycles. The van der Waals surface area contributed by atoms with Crippen molar-refractivity contribution in [3.05, 3.63) is 51.6 Å². The van der Waals surface area contributed by atoms with Crippen molar-refractivity contribution >= 4 is 21.7 Å². The van der Waals surface area contributed by atoms with Crippen molar-refractivity contribution in [1.82, 2.24) is 9.97 Å². The molecule has 1 N–H and O–H groups in total. The van der Waals surface area contributed by atoms with E-state index in [2.05, 4.69) is 26.2 Å². The molecule has 0 saturated heterocycles. The van der Waals surface area contributed by atoms with Gasteiger partial charge in [0.2, 0.25) is 0 Å². The highest BCUT2D eigenvalue weighted by molar-refractivity contribution is 9.10. The summed E-state index contributed by atoms with van der Waals surface area (Å²) in [5, 5.41) is 3.28. The summed E-state index contributed by atoms with van der Waals surface area (Å²) in [6, 6.07) is 6.51. The molecule has 21 heavy (non-hydrogen) atoms. The van der Waals surface area contributed by atoms with Crippen molar-refractivity contribution in [2.45, 2.75) is 32.1 Å². The van der Waals surface area contributed by atoms with Gasteiger partial charge in [-0.2, -0.15) is 0 Å². The fourth-order valence-corrected chi connectivity index (χ4v) is 2.93. The molecule has 0 amide bonds. The Morgan fingerprint density at radius 1 is 1.24 bits per heavy atom. The zero-order valence-corrected chi connectivity index (χ0v) is 13.5. The van der Waals surface area contributed by atoms with E-state index in [1.807, 2.05) is 6.92 Å². The minimum Gasteiger partial charge on any atom is -0.369 e. The molecule has 0 radical (unpaired) electrons. The summed E-state index contributed by atoms with van der Waals surface area (Å²) in [6.07, 6.45) is 3.00. The highest BCUT2D eigenvalue weighted by Gasteiger charge is 2.29. The Balaban J connectivity index is 1.91. The van der Waals surface area contributed by atoms with Gasteiger partial charge >= 0.3 is 0 Å². The number of halogens is 2. The van der Waals surface area contributed by atoms with Crippen LogP contribution in [0, 0.1) is 5.82 Å². The van der Waals surface area contributed by atoms with E-state index in [-0.39, 0.29) is 5.82 Å². The summed E-state index contributed by atoms with van der Waals surface area (Å²) in [4.78, 5) is 9.29. The van der Waals surface area contributed by atoms with Gasteiger partial charge in [0.25, 0.3) is 0 Å². The summed E-state index contributed by atoms with van der Waals surface area (Å²) in [5.74, 6) is 1.96. The average molecular weight is 350 g/mol. The zero-order valence-electron chi connectivity index (χ0n) is 11.9. The van der Waals surface area contributed by atoms with E-state index in [0.717, 1.165) is 33.9 Å². The molecule has 0 spiro atoms. The van der Waals surface area contributed by atoms with E-state index in [0.29, 0.717) is 12.3 Å². The van der Waals surface area contributed by atoms with Crippen LogP contribution < -0.4 is 5.32 Å². The first-order valence-electron chi connectivity index (χ1n) is 7.22. The molecule has 2 aromatic rings. The van der Waals surface area contributed by atoms with E-state index >= 15 is 0 Å². The maximum absolute atomic E-state index is 13.0. The third kappa shape index (κ3) is 3.40. The highest BCUT2D eigenvalue weighted by atomic mass is 79.9. The maximum atomic E-state index is 13.0. The Labute approximate surface area is 132 Å². The van der Waals surface area contributed by atoms with Gasteiger partial charge in [0.1, 0.15) is 17.5 Å². The van der Waals surface area contributed by atoms with Crippen LogP contribution >= 0.6 is 15.9 Å². The maximum Gasteiger partial charge on any atom is 0.144 e. The molecule has 0 bridgehead atoms. The third-order valence-electron chi connectivity index (χ3n) is 3.51. The summed E-state index contributed by atoms with van der Waals surface area (Å²) < 4.78 is 14.0. The molecule has 1 aliphatic rings. The molecule has 5 heteroatoms. The van der Waals surface area contributed by atoms with Crippen molar-refractivity contribution < 1.29 is 4.39 Å². The number of anilines is 1. The predicted octanol–water partition coefficient (Wildman–Crippen LogP) is 4.28. The van der Waals surface area contributed by atoms with E-state index in [4.69, 9.17) is 4.98 Å². The van der Waals surface area contributed by atoms with Gasteiger partial charge in [0.15, 0.2) is 0 Å². The Hall–Kier alpha value is -1.49. The number of aromatic nitrogens is 2. The molecule has 110 valence electrons. The lowest BCUT2D eigenvalue weighted by molar-refractivity contribution is 0.627. The van der Waals surface area contributed by atoms with Gasteiger partial charge in [-0.1, -0.05) is 12.1 Å². The van der Waals surface area contributed by atoms with Gasteiger partial charge in [-0.05, 0) is 53.4 Å². The van der Waals surface area contributed by atoms with Gasteiger partial charge < -0.3 is 5.32 Å². The van der Waals surface area contributed by atoms with Crippen LogP contribution in [0.4, 0.5) is 10.2 Å². The molecule has 1 saturated carbocycles. The topological polar surface area (TPSA) is 37.8 Å². The van der Waals surface area contributed by atoms with Crippen LogP contribution in [-0.4, -0.2) is 16.5 Å². The molecule has 0 atom stereocenters. The third-order valence-corrected chi connectivity index (χ3v) is 4.29. The smallest absolute Gasteiger partial charge is 0.144 e. The van der Waals surface area contributed by atoms with Crippen molar-refractivity contribution in [2.24, 2.45) is 0 Å². The highest BCUT2D eigenvalue weighted by Crippen LogP contribution is 2.43. The van der Waals surface area contributed by atoms with Gasteiger partial charge in [-0.25, -0.2) is 14.4 Å². The fraction of sp³-hybridized carbons (Fsp3) is 0.375. The van der Waals surface area contributed by atoms with Crippen LogP contribution in [-0.2, 0) is 6.42 Å². The van der Waals surface area contributed by atoms with Crippen molar-refractivity contribution in [1.29, 1.82) is 0 Å². The first-order valence-corrected chi connectivity index (χ1v) is 8.01. The Morgan fingerprint density at radius 2 is 1.95 bits per heavy atom. The SMILES string of the molecule is CCNc1nc(Cc2ccc(F)cc2)nc(C2CC2)c1Br. The van der Waals surface area contributed by atoms with E-state index < -0.39 is 0 Å². The standard InChI is InChI=1S/C16H17BrFN3/c1-2-19-16-14(17)15(11-5-6-11)20-13(21-16)9-10-3-7-12(18)8-4-10/h3-4,7-8,11H,2,5-6,9H2,1H3,(H,19,20,21). The molecular weight excluding hydrogens is 333 g/mol. The van der Waals surface area contributed by atoms with Gasteiger partial charge in [0, 0.05) is 18.9 Å². The minimum absolute atomic E-state index is 0.220. The van der Waals surface area contributed by atoms with Crippen LogP contribution in [0.2, 0.25) is 0 Å². The van der Waals surface area contributed by atoms with Crippen molar-refractivity contribution in [3.8, 4) is 0 Å². The summed E-state index contributed by atoms with van der Waals surface area (Å²) in [6.45, 7) is 2.86. The van der Waals surface area contributed by atoms with Gasteiger partial charge in [-0.15, -0.1) is 0 Å². The molecule has 1 fully saturated rings. The predicted molar refractivity (Wildman–Crippen MR) is 85.1 cm³/mol. The largest absolute Gasteiger partial charge is 0.369 e. The number of hydrogen-bond donors (Lipinski definition) is 1. The number of nitrogens with zero attached hydrogens (tertiary/aromatic N) is 2. The quantitative estimate of drug-likeness (QED) is 0.875. The van der Waals surface area contributed by atoms with Crippen LogP contribution in [0.3, 0.4) is 0 Å². The molecule has 3 rings (SSSR count).